The molecule has 3 rings (SSSR count). The zero-order valence-corrected chi connectivity index (χ0v) is 16.3. The predicted molar refractivity (Wildman–Crippen MR) is 108 cm³/mol. The first-order valence-corrected chi connectivity index (χ1v) is 9.76. The minimum atomic E-state index is -0.0235. The zero-order valence-electron chi connectivity index (χ0n) is 16.3. The van der Waals surface area contributed by atoms with Gasteiger partial charge in [-0.05, 0) is 12.0 Å². The number of carbonyl (C=O) groups is 1. The molecular formula is C21H29N5O. The Morgan fingerprint density at radius 3 is 2.44 bits per heavy atom. The highest BCUT2D eigenvalue weighted by molar-refractivity contribution is 5.92. The van der Waals surface area contributed by atoms with E-state index in [1.807, 2.05) is 18.0 Å². The Bertz CT molecular complexity index is 711. The average molecular weight is 367 g/mol. The van der Waals surface area contributed by atoms with Crippen LogP contribution in [0.4, 0.5) is 5.82 Å². The van der Waals surface area contributed by atoms with Gasteiger partial charge in [-0.15, -0.1) is 0 Å². The Balaban J connectivity index is 1.51. The summed E-state index contributed by atoms with van der Waals surface area (Å²) in [6.45, 7) is 7.26. The summed E-state index contributed by atoms with van der Waals surface area (Å²) in [6.07, 6.45) is 5.57. The van der Waals surface area contributed by atoms with Crippen LogP contribution in [0.3, 0.4) is 0 Å². The van der Waals surface area contributed by atoms with Crippen molar-refractivity contribution in [1.29, 1.82) is 0 Å². The van der Waals surface area contributed by atoms with E-state index in [1.54, 1.807) is 12.4 Å². The van der Waals surface area contributed by atoms with Crippen molar-refractivity contribution in [2.45, 2.75) is 26.3 Å². The molecule has 0 unspecified atom stereocenters. The molecule has 2 heterocycles. The zero-order chi connectivity index (χ0) is 19.1. The lowest BCUT2D eigenvalue weighted by Gasteiger charge is -2.34. The molecular weight excluding hydrogens is 338 g/mol. The molecule has 144 valence electrons. The standard InChI is InChI=1S/C21H29N5O/c1-3-4-10-24(2)20-16-22-19(15-23-20)21(27)26-13-11-25(12-14-26)17-18-8-6-5-7-9-18/h5-9,15-16H,3-4,10-14,17H2,1-2H3. The minimum Gasteiger partial charge on any atom is -0.358 e. The number of amides is 1. The third-order valence-corrected chi connectivity index (χ3v) is 5.00. The fourth-order valence-electron chi connectivity index (χ4n) is 3.25. The van der Waals surface area contributed by atoms with Gasteiger partial charge in [-0.3, -0.25) is 9.69 Å². The second kappa shape index (κ2) is 9.46. The second-order valence-electron chi connectivity index (χ2n) is 7.09. The molecule has 0 saturated carbocycles. The van der Waals surface area contributed by atoms with Crippen molar-refractivity contribution in [3.63, 3.8) is 0 Å². The number of carbonyl (C=O) groups excluding carboxylic acids is 1. The highest BCUT2D eigenvalue weighted by Gasteiger charge is 2.23. The molecule has 0 bridgehead atoms. The molecule has 1 aliphatic heterocycles. The molecule has 0 aliphatic carbocycles. The van der Waals surface area contributed by atoms with E-state index in [9.17, 15) is 4.79 Å². The summed E-state index contributed by atoms with van der Waals surface area (Å²) in [5, 5.41) is 0. The SMILES string of the molecule is CCCCN(C)c1cnc(C(=O)N2CCN(Cc3ccccc3)CC2)cn1. The number of hydrogen-bond donors (Lipinski definition) is 0. The summed E-state index contributed by atoms with van der Waals surface area (Å²) in [5.41, 5.74) is 1.74. The number of piperazine rings is 1. The van der Waals surface area contributed by atoms with Gasteiger partial charge in [0.2, 0.25) is 0 Å². The van der Waals surface area contributed by atoms with Gasteiger partial charge in [-0.1, -0.05) is 43.7 Å². The number of rotatable bonds is 7. The van der Waals surface area contributed by atoms with Gasteiger partial charge >= 0.3 is 0 Å². The van der Waals surface area contributed by atoms with Gasteiger partial charge in [0.1, 0.15) is 11.5 Å². The van der Waals surface area contributed by atoms with Crippen LogP contribution in [0.1, 0.15) is 35.8 Å². The highest BCUT2D eigenvalue weighted by atomic mass is 16.2. The van der Waals surface area contributed by atoms with Crippen LogP contribution in [0.15, 0.2) is 42.7 Å². The lowest BCUT2D eigenvalue weighted by Crippen LogP contribution is -2.48. The fraction of sp³-hybridized carbons (Fsp3) is 0.476. The fourth-order valence-corrected chi connectivity index (χ4v) is 3.25. The molecule has 0 N–H and O–H groups in total. The molecule has 1 aliphatic rings. The Kier molecular flexibility index (Phi) is 6.76. The Morgan fingerprint density at radius 1 is 1.07 bits per heavy atom. The molecule has 1 aromatic heterocycles. The van der Waals surface area contributed by atoms with Crippen molar-refractivity contribution in [3.05, 3.63) is 54.0 Å². The van der Waals surface area contributed by atoms with Crippen LogP contribution < -0.4 is 4.90 Å². The normalized spacial score (nSPS) is 15.0. The van der Waals surface area contributed by atoms with E-state index in [2.05, 4.69) is 51.0 Å². The third-order valence-electron chi connectivity index (χ3n) is 5.00. The maximum Gasteiger partial charge on any atom is 0.274 e. The molecule has 1 amide bonds. The molecule has 0 atom stereocenters. The lowest BCUT2D eigenvalue weighted by molar-refractivity contribution is 0.0622. The smallest absolute Gasteiger partial charge is 0.274 e. The monoisotopic (exact) mass is 367 g/mol. The van der Waals surface area contributed by atoms with Crippen LogP contribution in [0.25, 0.3) is 0 Å². The molecule has 1 fully saturated rings. The van der Waals surface area contributed by atoms with E-state index in [-0.39, 0.29) is 5.91 Å². The van der Waals surface area contributed by atoms with E-state index < -0.39 is 0 Å². The van der Waals surface area contributed by atoms with Crippen LogP contribution in [0.2, 0.25) is 0 Å². The number of aromatic nitrogens is 2. The Labute approximate surface area is 161 Å². The minimum absolute atomic E-state index is 0.0235. The molecule has 0 radical (unpaired) electrons. The van der Waals surface area contributed by atoms with Gasteiger partial charge in [0.15, 0.2) is 0 Å². The van der Waals surface area contributed by atoms with Crippen molar-refractivity contribution in [3.8, 4) is 0 Å². The molecule has 0 spiro atoms. The third kappa shape index (κ3) is 5.26. The molecule has 1 saturated heterocycles. The summed E-state index contributed by atoms with van der Waals surface area (Å²) >= 11 is 0. The van der Waals surface area contributed by atoms with Gasteiger partial charge in [0, 0.05) is 46.3 Å². The summed E-state index contributed by atoms with van der Waals surface area (Å²) in [5.74, 6) is 0.789. The first kappa shape index (κ1) is 19.3. The van der Waals surface area contributed by atoms with Crippen LogP contribution >= 0.6 is 0 Å². The van der Waals surface area contributed by atoms with E-state index in [0.29, 0.717) is 5.69 Å². The highest BCUT2D eigenvalue weighted by Crippen LogP contribution is 2.12. The van der Waals surface area contributed by atoms with Gasteiger partial charge in [0.25, 0.3) is 5.91 Å². The number of anilines is 1. The number of benzene rings is 1. The van der Waals surface area contributed by atoms with Crippen LogP contribution in [-0.2, 0) is 6.54 Å². The van der Waals surface area contributed by atoms with E-state index in [0.717, 1.165) is 57.9 Å². The molecule has 2 aromatic rings. The van der Waals surface area contributed by atoms with Crippen molar-refractivity contribution >= 4 is 11.7 Å². The Hall–Kier alpha value is -2.47. The average Bonchev–Trinajstić information content (AvgIpc) is 2.73. The van der Waals surface area contributed by atoms with Crippen LogP contribution in [-0.4, -0.2) is 65.4 Å². The van der Waals surface area contributed by atoms with Crippen molar-refractivity contribution in [1.82, 2.24) is 19.8 Å². The van der Waals surface area contributed by atoms with Crippen LogP contribution in [0.5, 0.6) is 0 Å². The summed E-state index contributed by atoms with van der Waals surface area (Å²) in [6, 6.07) is 10.5. The van der Waals surface area contributed by atoms with Crippen molar-refractivity contribution in [2.24, 2.45) is 0 Å². The number of unbranched alkanes of at least 4 members (excludes halogenated alkanes) is 1. The van der Waals surface area contributed by atoms with E-state index in [4.69, 9.17) is 0 Å². The number of nitrogens with zero attached hydrogens (tertiary/aromatic N) is 5. The summed E-state index contributed by atoms with van der Waals surface area (Å²) in [7, 11) is 2.01. The number of hydrogen-bond acceptors (Lipinski definition) is 5. The molecule has 6 nitrogen and oxygen atoms in total. The van der Waals surface area contributed by atoms with E-state index >= 15 is 0 Å². The summed E-state index contributed by atoms with van der Waals surface area (Å²) < 4.78 is 0. The van der Waals surface area contributed by atoms with Gasteiger partial charge in [-0.25, -0.2) is 9.97 Å². The molecule has 27 heavy (non-hydrogen) atoms. The van der Waals surface area contributed by atoms with Gasteiger partial charge in [0.05, 0.1) is 12.4 Å². The summed E-state index contributed by atoms with van der Waals surface area (Å²) in [4.78, 5) is 27.8. The topological polar surface area (TPSA) is 52.6 Å². The second-order valence-corrected chi connectivity index (χ2v) is 7.09. The largest absolute Gasteiger partial charge is 0.358 e. The molecule has 6 heteroatoms. The van der Waals surface area contributed by atoms with Crippen molar-refractivity contribution in [2.75, 3.05) is 44.7 Å². The molecule has 1 aromatic carbocycles. The van der Waals surface area contributed by atoms with Crippen LogP contribution in [0, 0.1) is 0 Å². The first-order chi connectivity index (χ1) is 13.2. The van der Waals surface area contributed by atoms with Gasteiger partial charge < -0.3 is 9.80 Å². The maximum absolute atomic E-state index is 12.7. The maximum atomic E-state index is 12.7. The first-order valence-electron chi connectivity index (χ1n) is 9.76. The Morgan fingerprint density at radius 2 is 1.81 bits per heavy atom. The van der Waals surface area contributed by atoms with Gasteiger partial charge in [-0.2, -0.15) is 0 Å². The predicted octanol–water partition coefficient (Wildman–Crippen LogP) is 2.67. The lowest BCUT2D eigenvalue weighted by atomic mass is 10.2. The van der Waals surface area contributed by atoms with Crippen molar-refractivity contribution < 1.29 is 4.79 Å². The quantitative estimate of drug-likeness (QED) is 0.753. The van der Waals surface area contributed by atoms with E-state index in [1.165, 1.54) is 5.56 Å².